The molecule has 1 aromatic carbocycles. The Morgan fingerprint density at radius 2 is 2.05 bits per heavy atom. The molecular formula is C16H17Cl2N3. The topological polar surface area (TPSA) is 37.8 Å². The molecule has 1 aliphatic rings. The highest BCUT2D eigenvalue weighted by Gasteiger charge is 2.21. The van der Waals surface area contributed by atoms with Gasteiger partial charge < -0.3 is 5.32 Å². The zero-order valence-corrected chi connectivity index (χ0v) is 13.4. The van der Waals surface area contributed by atoms with Crippen LogP contribution in [-0.2, 0) is 12.8 Å². The number of hydrogen-bond acceptors (Lipinski definition) is 3. The molecule has 0 spiro atoms. The summed E-state index contributed by atoms with van der Waals surface area (Å²) in [6.07, 6.45) is 5.82. The van der Waals surface area contributed by atoms with Gasteiger partial charge in [0.05, 0.1) is 0 Å². The molecule has 110 valence electrons. The maximum atomic E-state index is 6.22. The molecule has 0 radical (unpaired) electrons. The van der Waals surface area contributed by atoms with Crippen LogP contribution in [-0.4, -0.2) is 17.0 Å². The second-order valence-corrected chi connectivity index (χ2v) is 6.11. The Labute approximate surface area is 134 Å². The third-order valence-electron chi connectivity index (χ3n) is 3.98. The summed E-state index contributed by atoms with van der Waals surface area (Å²) in [4.78, 5) is 9.22. The van der Waals surface area contributed by atoms with Crippen molar-refractivity contribution in [2.24, 2.45) is 0 Å². The normalized spacial score (nSPS) is 17.6. The summed E-state index contributed by atoms with van der Waals surface area (Å²) < 4.78 is 0. The Bertz CT molecular complexity index is 638. The van der Waals surface area contributed by atoms with Crippen molar-refractivity contribution in [1.29, 1.82) is 0 Å². The highest BCUT2D eigenvalue weighted by molar-refractivity contribution is 6.36. The molecule has 1 atom stereocenters. The van der Waals surface area contributed by atoms with Crippen LogP contribution in [0.25, 0.3) is 0 Å². The number of rotatable bonds is 3. The summed E-state index contributed by atoms with van der Waals surface area (Å²) in [6, 6.07) is 5.90. The Kier molecular flexibility index (Phi) is 4.43. The fourth-order valence-corrected chi connectivity index (χ4v) is 3.36. The number of halogens is 2. The maximum absolute atomic E-state index is 6.22. The van der Waals surface area contributed by atoms with E-state index >= 15 is 0 Å². The second kappa shape index (κ2) is 6.30. The molecule has 0 saturated carbocycles. The molecule has 1 unspecified atom stereocenters. The fraction of sp³-hybridized carbons (Fsp3) is 0.375. The number of aryl methyl sites for hydroxylation is 1. The highest BCUT2D eigenvalue weighted by atomic mass is 35.5. The lowest BCUT2D eigenvalue weighted by Crippen LogP contribution is -2.23. The van der Waals surface area contributed by atoms with Crippen LogP contribution in [0, 0.1) is 0 Å². The lowest BCUT2D eigenvalue weighted by Gasteiger charge is -2.24. The first-order valence-corrected chi connectivity index (χ1v) is 7.89. The fourth-order valence-electron chi connectivity index (χ4n) is 2.83. The van der Waals surface area contributed by atoms with Gasteiger partial charge >= 0.3 is 0 Å². The van der Waals surface area contributed by atoms with E-state index in [1.165, 1.54) is 5.56 Å². The highest BCUT2D eigenvalue weighted by Crippen LogP contribution is 2.29. The van der Waals surface area contributed by atoms with Gasteiger partial charge in [-0.05, 0) is 44.0 Å². The van der Waals surface area contributed by atoms with E-state index in [1.54, 1.807) is 0 Å². The smallest absolute Gasteiger partial charge is 0.133 e. The lowest BCUT2D eigenvalue weighted by molar-refractivity contribution is 0.485. The number of nitrogens with zero attached hydrogens (tertiary/aromatic N) is 2. The van der Waals surface area contributed by atoms with Crippen molar-refractivity contribution in [1.82, 2.24) is 15.3 Å². The summed E-state index contributed by atoms with van der Waals surface area (Å²) in [6.45, 7) is 0. The molecule has 0 amide bonds. The van der Waals surface area contributed by atoms with Crippen LogP contribution in [0.2, 0.25) is 10.0 Å². The van der Waals surface area contributed by atoms with Crippen LogP contribution < -0.4 is 5.32 Å². The Morgan fingerprint density at radius 1 is 1.29 bits per heavy atom. The first-order valence-electron chi connectivity index (χ1n) is 7.14. The van der Waals surface area contributed by atoms with Gasteiger partial charge in [-0.25, -0.2) is 9.97 Å². The minimum absolute atomic E-state index is 0.367. The van der Waals surface area contributed by atoms with Crippen molar-refractivity contribution in [2.45, 2.75) is 31.7 Å². The molecule has 0 fully saturated rings. The van der Waals surface area contributed by atoms with E-state index < -0.39 is 0 Å². The van der Waals surface area contributed by atoms with Gasteiger partial charge in [0.15, 0.2) is 0 Å². The van der Waals surface area contributed by atoms with Crippen molar-refractivity contribution < 1.29 is 0 Å². The molecule has 1 N–H and O–H groups in total. The van der Waals surface area contributed by atoms with E-state index in [0.29, 0.717) is 22.5 Å². The SMILES string of the molecule is CNC1CCCc2nc(Cc3c(Cl)cccc3Cl)ncc21. The molecule has 3 nitrogen and oxygen atoms in total. The summed E-state index contributed by atoms with van der Waals surface area (Å²) in [7, 11) is 1.98. The van der Waals surface area contributed by atoms with Gasteiger partial charge in [0.25, 0.3) is 0 Å². The average Bonchev–Trinajstić information content (AvgIpc) is 2.50. The van der Waals surface area contributed by atoms with E-state index in [1.807, 2.05) is 31.4 Å². The molecule has 21 heavy (non-hydrogen) atoms. The second-order valence-electron chi connectivity index (χ2n) is 5.30. The monoisotopic (exact) mass is 321 g/mol. The molecule has 2 aromatic rings. The summed E-state index contributed by atoms with van der Waals surface area (Å²) in [5.41, 5.74) is 3.26. The largest absolute Gasteiger partial charge is 0.313 e. The van der Waals surface area contributed by atoms with Crippen LogP contribution in [0.3, 0.4) is 0 Å². The van der Waals surface area contributed by atoms with Crippen LogP contribution in [0.5, 0.6) is 0 Å². The molecule has 1 aliphatic carbocycles. The predicted molar refractivity (Wildman–Crippen MR) is 86.0 cm³/mol. The Balaban J connectivity index is 1.91. The van der Waals surface area contributed by atoms with Gasteiger partial charge in [-0.15, -0.1) is 0 Å². The summed E-state index contributed by atoms with van der Waals surface area (Å²) in [5.74, 6) is 0.778. The van der Waals surface area contributed by atoms with Crippen LogP contribution >= 0.6 is 23.2 Å². The van der Waals surface area contributed by atoms with Gasteiger partial charge in [0, 0.05) is 40.0 Å². The Morgan fingerprint density at radius 3 is 2.76 bits per heavy atom. The minimum Gasteiger partial charge on any atom is -0.313 e. The minimum atomic E-state index is 0.367. The molecule has 0 aliphatic heterocycles. The predicted octanol–water partition coefficient (Wildman–Crippen LogP) is 3.97. The van der Waals surface area contributed by atoms with Gasteiger partial charge in [0.1, 0.15) is 5.82 Å². The van der Waals surface area contributed by atoms with Crippen LogP contribution in [0.1, 0.15) is 41.5 Å². The van der Waals surface area contributed by atoms with E-state index in [4.69, 9.17) is 28.2 Å². The molecule has 0 bridgehead atoms. The quantitative estimate of drug-likeness (QED) is 0.929. The van der Waals surface area contributed by atoms with Crippen molar-refractivity contribution in [3.05, 3.63) is 57.1 Å². The van der Waals surface area contributed by atoms with Crippen molar-refractivity contribution in [2.75, 3.05) is 7.05 Å². The number of aromatic nitrogens is 2. The number of nitrogens with one attached hydrogen (secondary N) is 1. The molecule has 1 aromatic heterocycles. The average molecular weight is 322 g/mol. The zero-order valence-electron chi connectivity index (χ0n) is 11.9. The van der Waals surface area contributed by atoms with Gasteiger partial charge in [-0.1, -0.05) is 29.3 Å². The first kappa shape index (κ1) is 14.8. The van der Waals surface area contributed by atoms with E-state index in [9.17, 15) is 0 Å². The summed E-state index contributed by atoms with van der Waals surface area (Å²) >= 11 is 12.4. The third kappa shape index (κ3) is 3.05. The van der Waals surface area contributed by atoms with Gasteiger partial charge in [0.2, 0.25) is 0 Å². The van der Waals surface area contributed by atoms with Crippen molar-refractivity contribution in [3.8, 4) is 0 Å². The van der Waals surface area contributed by atoms with Crippen molar-refractivity contribution in [3.63, 3.8) is 0 Å². The van der Waals surface area contributed by atoms with E-state index in [2.05, 4.69) is 10.3 Å². The standard InChI is InChI=1S/C16H17Cl2N3/c1-19-14-6-3-7-15-11(14)9-20-16(21-15)8-10-12(17)4-2-5-13(10)18/h2,4-5,9,14,19H,3,6-8H2,1H3. The van der Waals surface area contributed by atoms with Crippen LogP contribution in [0.15, 0.2) is 24.4 Å². The molecular weight excluding hydrogens is 305 g/mol. The van der Waals surface area contributed by atoms with Gasteiger partial charge in [-0.3, -0.25) is 0 Å². The molecule has 5 heteroatoms. The van der Waals surface area contributed by atoms with E-state index in [0.717, 1.165) is 36.3 Å². The lowest BCUT2D eigenvalue weighted by atomic mass is 9.92. The van der Waals surface area contributed by atoms with E-state index in [-0.39, 0.29) is 0 Å². The first-order chi connectivity index (χ1) is 10.2. The summed E-state index contributed by atoms with van der Waals surface area (Å²) in [5, 5.41) is 4.65. The molecule has 0 saturated heterocycles. The van der Waals surface area contributed by atoms with Gasteiger partial charge in [-0.2, -0.15) is 0 Å². The Hall–Kier alpha value is -1.16. The third-order valence-corrected chi connectivity index (χ3v) is 4.68. The number of hydrogen-bond donors (Lipinski definition) is 1. The number of benzene rings is 1. The molecule has 3 rings (SSSR count). The zero-order chi connectivity index (χ0) is 14.8. The van der Waals surface area contributed by atoms with Crippen LogP contribution in [0.4, 0.5) is 0 Å². The maximum Gasteiger partial charge on any atom is 0.133 e. The molecule has 1 heterocycles. The number of fused-ring (bicyclic) bond motifs is 1. The van der Waals surface area contributed by atoms with Crippen molar-refractivity contribution >= 4 is 23.2 Å².